The molecule has 0 bridgehead atoms. The van der Waals surface area contributed by atoms with Crippen LogP contribution in [0.2, 0.25) is 25.7 Å². The molecule has 1 saturated heterocycles. The average molecular weight is 306 g/mol. The zero-order chi connectivity index (χ0) is 15.3. The molecular weight excluding hydrogens is 280 g/mol. The Labute approximate surface area is 128 Å². The summed E-state index contributed by atoms with van der Waals surface area (Å²) >= 11 is 0. The van der Waals surface area contributed by atoms with Crippen LogP contribution in [-0.2, 0) is 4.74 Å². The summed E-state index contributed by atoms with van der Waals surface area (Å²) in [5, 5.41) is 0. The van der Waals surface area contributed by atoms with Crippen LogP contribution in [0.15, 0.2) is 30.3 Å². The average Bonchev–Trinajstić information content (AvgIpc) is 2.47. The first-order valence-electron chi connectivity index (χ1n) is 7.67. The highest BCUT2D eigenvalue weighted by molar-refractivity contribution is 6.76. The number of rotatable bonds is 4. The predicted octanol–water partition coefficient (Wildman–Crippen LogP) is 3.28. The molecular formula is C16H26N2O2Si. The van der Waals surface area contributed by atoms with E-state index in [9.17, 15) is 4.79 Å². The van der Waals surface area contributed by atoms with E-state index in [4.69, 9.17) is 4.74 Å². The number of nitrogens with zero attached hydrogens (tertiary/aromatic N) is 2. The molecule has 0 aromatic heterocycles. The Kier molecular flexibility index (Phi) is 5.28. The van der Waals surface area contributed by atoms with Gasteiger partial charge in [-0.15, -0.1) is 0 Å². The van der Waals surface area contributed by atoms with E-state index in [1.165, 1.54) is 5.69 Å². The third-order valence-corrected chi connectivity index (χ3v) is 5.44. The molecule has 0 unspecified atom stereocenters. The van der Waals surface area contributed by atoms with Crippen molar-refractivity contribution in [2.75, 3.05) is 37.7 Å². The lowest BCUT2D eigenvalue weighted by atomic mass is 10.2. The first-order chi connectivity index (χ1) is 9.96. The molecule has 1 heterocycles. The molecule has 2 rings (SSSR count). The number of hydrogen-bond donors (Lipinski definition) is 0. The minimum Gasteiger partial charge on any atom is -0.450 e. The van der Waals surface area contributed by atoms with Gasteiger partial charge in [0, 0.05) is 39.9 Å². The second kappa shape index (κ2) is 6.98. The molecule has 4 nitrogen and oxygen atoms in total. The Bertz CT molecular complexity index is 451. The maximum Gasteiger partial charge on any atom is 0.409 e. The highest BCUT2D eigenvalue weighted by Gasteiger charge is 2.23. The first kappa shape index (κ1) is 15.9. The Morgan fingerprint density at radius 2 is 1.71 bits per heavy atom. The van der Waals surface area contributed by atoms with Crippen LogP contribution in [-0.4, -0.2) is 51.9 Å². The van der Waals surface area contributed by atoms with Crippen LogP contribution in [0.4, 0.5) is 10.5 Å². The summed E-state index contributed by atoms with van der Waals surface area (Å²) in [4.78, 5) is 16.2. The van der Waals surface area contributed by atoms with E-state index in [2.05, 4.69) is 36.7 Å². The van der Waals surface area contributed by atoms with Gasteiger partial charge in [0.15, 0.2) is 0 Å². The van der Waals surface area contributed by atoms with Gasteiger partial charge in [0.2, 0.25) is 0 Å². The largest absolute Gasteiger partial charge is 0.450 e. The molecule has 5 heteroatoms. The lowest BCUT2D eigenvalue weighted by Crippen LogP contribution is -2.49. The molecule has 1 fully saturated rings. The van der Waals surface area contributed by atoms with Crippen molar-refractivity contribution in [1.82, 2.24) is 4.90 Å². The monoisotopic (exact) mass is 306 g/mol. The lowest BCUT2D eigenvalue weighted by molar-refractivity contribution is 0.105. The maximum absolute atomic E-state index is 12.0. The standard InChI is InChI=1S/C16H26N2O2Si/c1-21(2,3)14-13-20-16(19)18-11-9-17(10-12-18)15-7-5-4-6-8-15/h4-8H,9-14H2,1-3H3. The van der Waals surface area contributed by atoms with Crippen molar-refractivity contribution < 1.29 is 9.53 Å². The fourth-order valence-electron chi connectivity index (χ4n) is 2.32. The normalized spacial score (nSPS) is 16.0. The van der Waals surface area contributed by atoms with E-state index < -0.39 is 8.07 Å². The van der Waals surface area contributed by atoms with E-state index in [0.29, 0.717) is 6.61 Å². The van der Waals surface area contributed by atoms with Gasteiger partial charge in [0.25, 0.3) is 0 Å². The molecule has 116 valence electrons. The number of piperazine rings is 1. The number of benzene rings is 1. The van der Waals surface area contributed by atoms with E-state index in [1.54, 1.807) is 0 Å². The van der Waals surface area contributed by atoms with Crippen molar-refractivity contribution in [1.29, 1.82) is 0 Å². The van der Waals surface area contributed by atoms with E-state index >= 15 is 0 Å². The molecule has 0 aliphatic carbocycles. The molecule has 21 heavy (non-hydrogen) atoms. The molecule has 0 saturated carbocycles. The summed E-state index contributed by atoms with van der Waals surface area (Å²) in [6.45, 7) is 10.6. The van der Waals surface area contributed by atoms with Crippen molar-refractivity contribution in [2.24, 2.45) is 0 Å². The van der Waals surface area contributed by atoms with Gasteiger partial charge < -0.3 is 14.5 Å². The molecule has 0 N–H and O–H groups in total. The summed E-state index contributed by atoms with van der Waals surface area (Å²) < 4.78 is 5.40. The van der Waals surface area contributed by atoms with Gasteiger partial charge in [0.1, 0.15) is 0 Å². The third-order valence-electron chi connectivity index (χ3n) is 3.74. The van der Waals surface area contributed by atoms with Crippen LogP contribution in [0.1, 0.15) is 0 Å². The quantitative estimate of drug-likeness (QED) is 0.800. The fraction of sp³-hybridized carbons (Fsp3) is 0.562. The summed E-state index contributed by atoms with van der Waals surface area (Å²) in [6, 6.07) is 11.4. The van der Waals surface area contributed by atoms with Crippen LogP contribution in [0.25, 0.3) is 0 Å². The second-order valence-corrected chi connectivity index (χ2v) is 12.4. The molecule has 1 aliphatic rings. The molecule has 1 amide bonds. The number of ether oxygens (including phenoxy) is 1. The Morgan fingerprint density at radius 1 is 1.10 bits per heavy atom. The molecule has 0 radical (unpaired) electrons. The van der Waals surface area contributed by atoms with Gasteiger partial charge in [-0.05, 0) is 18.2 Å². The van der Waals surface area contributed by atoms with Crippen LogP contribution in [0.3, 0.4) is 0 Å². The van der Waals surface area contributed by atoms with E-state index in [1.807, 2.05) is 23.1 Å². The number of hydrogen-bond acceptors (Lipinski definition) is 3. The van der Waals surface area contributed by atoms with Crippen molar-refractivity contribution in [3.05, 3.63) is 30.3 Å². The van der Waals surface area contributed by atoms with Gasteiger partial charge in [0.05, 0.1) is 6.61 Å². The van der Waals surface area contributed by atoms with Gasteiger partial charge in [-0.1, -0.05) is 37.8 Å². The number of para-hydroxylation sites is 1. The maximum atomic E-state index is 12.0. The van der Waals surface area contributed by atoms with Crippen LogP contribution >= 0.6 is 0 Å². The smallest absolute Gasteiger partial charge is 0.409 e. The number of amides is 1. The summed E-state index contributed by atoms with van der Waals surface area (Å²) in [6.07, 6.45) is -0.152. The molecule has 1 aromatic rings. The zero-order valence-corrected chi connectivity index (χ0v) is 14.3. The van der Waals surface area contributed by atoms with Crippen LogP contribution < -0.4 is 4.90 Å². The number of anilines is 1. The predicted molar refractivity (Wildman–Crippen MR) is 89.7 cm³/mol. The Morgan fingerprint density at radius 3 is 2.29 bits per heavy atom. The van der Waals surface area contributed by atoms with Crippen molar-refractivity contribution in [3.63, 3.8) is 0 Å². The van der Waals surface area contributed by atoms with E-state index in [0.717, 1.165) is 32.2 Å². The molecule has 1 aromatic carbocycles. The minimum atomic E-state index is -1.13. The summed E-state index contributed by atoms with van der Waals surface area (Å²) in [7, 11) is -1.13. The number of carbonyl (C=O) groups is 1. The Hall–Kier alpha value is -1.49. The Balaban J connectivity index is 1.75. The van der Waals surface area contributed by atoms with Crippen molar-refractivity contribution in [3.8, 4) is 0 Å². The topological polar surface area (TPSA) is 32.8 Å². The van der Waals surface area contributed by atoms with E-state index in [-0.39, 0.29) is 6.09 Å². The van der Waals surface area contributed by atoms with Gasteiger partial charge >= 0.3 is 6.09 Å². The molecule has 0 spiro atoms. The SMILES string of the molecule is C[Si](C)(C)CCOC(=O)N1CCN(c2ccccc2)CC1. The highest BCUT2D eigenvalue weighted by atomic mass is 28.3. The molecule has 0 atom stereocenters. The minimum absolute atomic E-state index is 0.152. The molecule has 1 aliphatic heterocycles. The summed E-state index contributed by atoms with van der Waals surface area (Å²) in [5.74, 6) is 0. The van der Waals surface area contributed by atoms with Crippen molar-refractivity contribution in [2.45, 2.75) is 25.7 Å². The van der Waals surface area contributed by atoms with Gasteiger partial charge in [-0.25, -0.2) is 4.79 Å². The third kappa shape index (κ3) is 5.08. The number of carbonyl (C=O) groups excluding carboxylic acids is 1. The lowest BCUT2D eigenvalue weighted by Gasteiger charge is -2.35. The van der Waals surface area contributed by atoms with Gasteiger partial charge in [-0.2, -0.15) is 0 Å². The van der Waals surface area contributed by atoms with Crippen LogP contribution in [0, 0.1) is 0 Å². The zero-order valence-electron chi connectivity index (χ0n) is 13.3. The summed E-state index contributed by atoms with van der Waals surface area (Å²) in [5.41, 5.74) is 1.23. The fourth-order valence-corrected chi connectivity index (χ4v) is 3.04. The van der Waals surface area contributed by atoms with Gasteiger partial charge in [-0.3, -0.25) is 0 Å². The van der Waals surface area contributed by atoms with Crippen LogP contribution in [0.5, 0.6) is 0 Å². The first-order valence-corrected chi connectivity index (χ1v) is 11.4. The second-order valence-electron chi connectivity index (χ2n) is 6.73. The van der Waals surface area contributed by atoms with Crippen molar-refractivity contribution >= 4 is 19.9 Å². The highest BCUT2D eigenvalue weighted by Crippen LogP contribution is 2.16.